The monoisotopic (exact) mass is 308 g/mol. The number of aromatic nitrogens is 4. The van der Waals surface area contributed by atoms with E-state index in [9.17, 15) is 0 Å². The van der Waals surface area contributed by atoms with E-state index in [0.29, 0.717) is 0 Å². The third-order valence-corrected chi connectivity index (χ3v) is 4.13. The lowest BCUT2D eigenvalue weighted by molar-refractivity contribution is 0.331. The Labute approximate surface area is 129 Å². The minimum atomic E-state index is 0.255. The van der Waals surface area contributed by atoms with Crippen molar-refractivity contribution in [1.82, 2.24) is 24.6 Å². The maximum atomic E-state index is 5.97. The van der Waals surface area contributed by atoms with Gasteiger partial charge in [-0.05, 0) is 56.9 Å². The van der Waals surface area contributed by atoms with Crippen LogP contribution >= 0.6 is 11.6 Å². The Morgan fingerprint density at radius 1 is 1.24 bits per heavy atom. The van der Waals surface area contributed by atoms with Crippen LogP contribution in [0.25, 0.3) is 11.0 Å². The molecule has 114 valence electrons. The van der Waals surface area contributed by atoms with Gasteiger partial charge in [0.1, 0.15) is 5.82 Å². The minimum absolute atomic E-state index is 0.255. The lowest BCUT2D eigenvalue weighted by atomic mass is 10.3. The molecule has 1 aliphatic rings. The number of fused-ring (bicyclic) bond motifs is 1. The van der Waals surface area contributed by atoms with Crippen LogP contribution < -0.4 is 5.32 Å². The van der Waals surface area contributed by atoms with E-state index in [-0.39, 0.29) is 5.28 Å². The number of hydrogen-bond acceptors (Lipinski definition) is 5. The largest absolute Gasteiger partial charge is 0.369 e. The molecule has 0 radical (unpaired) electrons. The second kappa shape index (κ2) is 6.58. The van der Waals surface area contributed by atoms with Crippen LogP contribution in [-0.4, -0.2) is 50.8 Å². The fourth-order valence-electron chi connectivity index (χ4n) is 2.80. The molecule has 1 fully saturated rings. The molecule has 3 rings (SSSR count). The zero-order valence-corrected chi connectivity index (χ0v) is 13.1. The Morgan fingerprint density at radius 3 is 2.86 bits per heavy atom. The van der Waals surface area contributed by atoms with E-state index in [1.54, 1.807) is 10.9 Å². The molecule has 0 saturated carbocycles. The number of unbranched alkanes of at least 4 members (excludes halogenated alkanes) is 1. The molecule has 0 spiro atoms. The van der Waals surface area contributed by atoms with Gasteiger partial charge in [-0.3, -0.25) is 4.68 Å². The molecule has 6 nitrogen and oxygen atoms in total. The summed E-state index contributed by atoms with van der Waals surface area (Å²) in [5.74, 6) is 0.777. The van der Waals surface area contributed by atoms with Crippen molar-refractivity contribution in [3.63, 3.8) is 0 Å². The molecule has 0 aromatic carbocycles. The molecule has 2 aromatic rings. The van der Waals surface area contributed by atoms with Crippen LogP contribution in [0.4, 0.5) is 5.82 Å². The quantitative estimate of drug-likeness (QED) is 0.655. The van der Waals surface area contributed by atoms with E-state index < -0.39 is 0 Å². The van der Waals surface area contributed by atoms with Gasteiger partial charge in [0, 0.05) is 13.6 Å². The van der Waals surface area contributed by atoms with Crippen LogP contribution in [0.3, 0.4) is 0 Å². The summed E-state index contributed by atoms with van der Waals surface area (Å²) in [4.78, 5) is 11.0. The lowest BCUT2D eigenvalue weighted by Crippen LogP contribution is -2.20. The van der Waals surface area contributed by atoms with Crippen molar-refractivity contribution < 1.29 is 0 Å². The zero-order chi connectivity index (χ0) is 14.7. The number of rotatable bonds is 6. The predicted molar refractivity (Wildman–Crippen MR) is 84.7 cm³/mol. The van der Waals surface area contributed by atoms with E-state index in [4.69, 9.17) is 11.6 Å². The second-order valence-corrected chi connectivity index (χ2v) is 5.87. The number of aryl methyl sites for hydroxylation is 1. The molecule has 21 heavy (non-hydrogen) atoms. The molecule has 0 unspecified atom stereocenters. The first-order chi connectivity index (χ1) is 10.2. The molecule has 1 N–H and O–H groups in total. The Bertz CT molecular complexity index is 605. The van der Waals surface area contributed by atoms with Crippen molar-refractivity contribution in [2.75, 3.05) is 31.5 Å². The van der Waals surface area contributed by atoms with Gasteiger partial charge in [0.25, 0.3) is 0 Å². The van der Waals surface area contributed by atoms with Crippen LogP contribution in [0.15, 0.2) is 6.20 Å². The van der Waals surface area contributed by atoms with Gasteiger partial charge in [-0.2, -0.15) is 15.1 Å². The maximum Gasteiger partial charge on any atom is 0.226 e. The van der Waals surface area contributed by atoms with Gasteiger partial charge < -0.3 is 10.2 Å². The Balaban J connectivity index is 1.53. The number of nitrogens with one attached hydrogen (secondary N) is 1. The first-order valence-electron chi connectivity index (χ1n) is 7.55. The Kier molecular flexibility index (Phi) is 4.55. The Morgan fingerprint density at radius 2 is 2.05 bits per heavy atom. The third kappa shape index (κ3) is 3.44. The molecule has 0 amide bonds. The van der Waals surface area contributed by atoms with Crippen molar-refractivity contribution in [3.05, 3.63) is 11.5 Å². The Hall–Kier alpha value is -1.40. The van der Waals surface area contributed by atoms with Gasteiger partial charge in [-0.15, -0.1) is 0 Å². The second-order valence-electron chi connectivity index (χ2n) is 5.53. The average Bonchev–Trinajstić information content (AvgIpc) is 3.09. The summed E-state index contributed by atoms with van der Waals surface area (Å²) < 4.78 is 1.71. The van der Waals surface area contributed by atoms with E-state index in [1.165, 1.54) is 38.9 Å². The van der Waals surface area contributed by atoms with E-state index in [1.807, 2.05) is 7.05 Å². The standard InChI is InChI=1S/C14H21ClN6/c1-20-13-11(10-17-20)12(18-14(15)19-13)16-6-2-3-7-21-8-4-5-9-21/h10H,2-9H2,1H3,(H,16,18,19). The van der Waals surface area contributed by atoms with Crippen LogP contribution in [0.2, 0.25) is 5.28 Å². The van der Waals surface area contributed by atoms with E-state index in [2.05, 4.69) is 25.3 Å². The highest BCUT2D eigenvalue weighted by atomic mass is 35.5. The number of anilines is 1. The summed E-state index contributed by atoms with van der Waals surface area (Å²) in [7, 11) is 1.85. The van der Waals surface area contributed by atoms with Crippen molar-refractivity contribution in [2.24, 2.45) is 7.05 Å². The fraction of sp³-hybridized carbons (Fsp3) is 0.643. The van der Waals surface area contributed by atoms with Crippen LogP contribution in [0.1, 0.15) is 25.7 Å². The van der Waals surface area contributed by atoms with Crippen LogP contribution in [-0.2, 0) is 7.05 Å². The zero-order valence-electron chi connectivity index (χ0n) is 12.3. The molecule has 1 saturated heterocycles. The molecule has 7 heteroatoms. The molecule has 1 aliphatic heterocycles. The van der Waals surface area contributed by atoms with Crippen molar-refractivity contribution in [1.29, 1.82) is 0 Å². The van der Waals surface area contributed by atoms with Gasteiger partial charge >= 0.3 is 0 Å². The molecule has 2 aromatic heterocycles. The summed E-state index contributed by atoms with van der Waals surface area (Å²) in [6.45, 7) is 4.64. The smallest absolute Gasteiger partial charge is 0.226 e. The maximum absolute atomic E-state index is 5.97. The molecular formula is C14H21ClN6. The highest BCUT2D eigenvalue weighted by molar-refractivity contribution is 6.28. The molecule has 0 aliphatic carbocycles. The average molecular weight is 309 g/mol. The molecular weight excluding hydrogens is 288 g/mol. The number of halogens is 1. The van der Waals surface area contributed by atoms with Crippen LogP contribution in [0, 0.1) is 0 Å². The number of nitrogens with zero attached hydrogens (tertiary/aromatic N) is 5. The summed E-state index contributed by atoms with van der Waals surface area (Å²) in [6.07, 6.45) is 6.83. The first-order valence-corrected chi connectivity index (χ1v) is 7.93. The lowest BCUT2D eigenvalue weighted by Gasteiger charge is -2.14. The third-order valence-electron chi connectivity index (χ3n) is 3.96. The van der Waals surface area contributed by atoms with Gasteiger partial charge in [-0.1, -0.05) is 0 Å². The summed E-state index contributed by atoms with van der Waals surface area (Å²) in [5, 5.41) is 8.74. The molecule has 0 bridgehead atoms. The van der Waals surface area contributed by atoms with Gasteiger partial charge in [0.05, 0.1) is 11.6 Å². The van der Waals surface area contributed by atoms with Crippen molar-refractivity contribution >= 4 is 28.5 Å². The van der Waals surface area contributed by atoms with E-state index >= 15 is 0 Å². The molecule has 3 heterocycles. The van der Waals surface area contributed by atoms with Crippen molar-refractivity contribution in [2.45, 2.75) is 25.7 Å². The highest BCUT2D eigenvalue weighted by Crippen LogP contribution is 2.21. The number of hydrogen-bond donors (Lipinski definition) is 1. The predicted octanol–water partition coefficient (Wildman–Crippen LogP) is 2.30. The summed E-state index contributed by atoms with van der Waals surface area (Å²) in [5.41, 5.74) is 0.759. The van der Waals surface area contributed by atoms with Crippen molar-refractivity contribution in [3.8, 4) is 0 Å². The highest BCUT2D eigenvalue weighted by Gasteiger charge is 2.11. The minimum Gasteiger partial charge on any atom is -0.369 e. The van der Waals surface area contributed by atoms with E-state index in [0.717, 1.165) is 29.8 Å². The van der Waals surface area contributed by atoms with Gasteiger partial charge in [0.15, 0.2) is 5.65 Å². The summed E-state index contributed by atoms with van der Waals surface area (Å²) >= 11 is 5.97. The summed E-state index contributed by atoms with van der Waals surface area (Å²) in [6, 6.07) is 0. The van der Waals surface area contributed by atoms with Crippen LogP contribution in [0.5, 0.6) is 0 Å². The molecule has 0 atom stereocenters. The van der Waals surface area contributed by atoms with Gasteiger partial charge in [0.2, 0.25) is 5.28 Å². The topological polar surface area (TPSA) is 58.9 Å². The van der Waals surface area contributed by atoms with Gasteiger partial charge in [-0.25, -0.2) is 0 Å². The number of likely N-dealkylation sites (tertiary alicyclic amines) is 1. The fourth-order valence-corrected chi connectivity index (χ4v) is 2.97. The SMILES string of the molecule is Cn1ncc2c(NCCCCN3CCCC3)nc(Cl)nc21. The first kappa shape index (κ1) is 14.5. The normalized spacial score (nSPS) is 15.9.